The summed E-state index contributed by atoms with van der Waals surface area (Å²) in [6.07, 6.45) is 0.961. The van der Waals surface area contributed by atoms with Crippen molar-refractivity contribution in [1.82, 2.24) is 5.32 Å². The van der Waals surface area contributed by atoms with Gasteiger partial charge >= 0.3 is 5.69 Å². The number of nitro benzene ring substituents is 1. The van der Waals surface area contributed by atoms with Crippen LogP contribution in [-0.2, 0) is 9.84 Å². The van der Waals surface area contributed by atoms with Gasteiger partial charge in [-0.05, 0) is 31.6 Å². The average molecular weight is 301 g/mol. The zero-order chi connectivity index (χ0) is 15.3. The lowest BCUT2D eigenvalue weighted by molar-refractivity contribution is -0.386. The molecule has 0 amide bonds. The Balaban J connectivity index is 3.11. The quantitative estimate of drug-likeness (QED) is 0.581. The first-order chi connectivity index (χ1) is 9.27. The molecular formula is C12H19N3O4S. The molecule has 0 aliphatic rings. The molecule has 20 heavy (non-hydrogen) atoms. The number of hydrogen-bond acceptors (Lipinski definition) is 6. The molecule has 0 aliphatic carbocycles. The summed E-state index contributed by atoms with van der Waals surface area (Å²) in [5, 5.41) is 17.1. The number of nitro groups is 1. The minimum absolute atomic E-state index is 0.223. The Morgan fingerprint density at radius 3 is 2.50 bits per heavy atom. The number of para-hydroxylation sites is 1. The van der Waals surface area contributed by atoms with Gasteiger partial charge in [-0.1, -0.05) is 13.0 Å². The molecule has 0 bridgehead atoms. The Bertz CT molecular complexity index is 586. The van der Waals surface area contributed by atoms with E-state index < -0.39 is 20.4 Å². The average Bonchev–Trinajstić information content (AvgIpc) is 2.35. The first-order valence-electron chi connectivity index (χ1n) is 6.13. The number of nitrogens with zero attached hydrogens (tertiary/aromatic N) is 1. The van der Waals surface area contributed by atoms with Gasteiger partial charge in [-0.2, -0.15) is 0 Å². The molecule has 7 nitrogen and oxygen atoms in total. The van der Waals surface area contributed by atoms with Crippen LogP contribution < -0.4 is 10.6 Å². The van der Waals surface area contributed by atoms with Crippen molar-refractivity contribution in [2.45, 2.75) is 11.8 Å². The van der Waals surface area contributed by atoms with Gasteiger partial charge in [0.2, 0.25) is 0 Å². The van der Waals surface area contributed by atoms with E-state index in [4.69, 9.17) is 0 Å². The molecule has 8 heteroatoms. The molecular weight excluding hydrogens is 282 g/mol. The Kier molecular flexibility index (Phi) is 5.46. The minimum Gasteiger partial charge on any atom is -0.379 e. The number of sulfone groups is 1. The first kappa shape index (κ1) is 16.4. The standard InChI is InChI=1S/C12H19N3O4S/c1-9(7-13-2)8-14-10-5-4-6-11(20(3,18)19)12(10)15(16)17/h4-6,9,13-14H,7-8H2,1-3H3. The molecule has 0 fully saturated rings. The van der Waals surface area contributed by atoms with Gasteiger partial charge in [0.15, 0.2) is 9.84 Å². The van der Waals surface area contributed by atoms with Crippen LogP contribution in [0.5, 0.6) is 0 Å². The fraction of sp³-hybridized carbons (Fsp3) is 0.500. The molecule has 1 aromatic rings. The number of hydrogen-bond donors (Lipinski definition) is 2. The summed E-state index contributed by atoms with van der Waals surface area (Å²) in [6, 6.07) is 4.25. The van der Waals surface area contributed by atoms with Crippen LogP contribution in [-0.4, -0.2) is 39.7 Å². The van der Waals surface area contributed by atoms with Gasteiger partial charge < -0.3 is 10.6 Å². The largest absolute Gasteiger partial charge is 0.379 e. The number of nitrogens with one attached hydrogen (secondary N) is 2. The summed E-state index contributed by atoms with van der Waals surface area (Å²) < 4.78 is 23.2. The Labute approximate surface area is 118 Å². The number of benzene rings is 1. The van der Waals surface area contributed by atoms with Gasteiger partial charge in [-0.15, -0.1) is 0 Å². The smallest absolute Gasteiger partial charge is 0.310 e. The highest BCUT2D eigenvalue weighted by Crippen LogP contribution is 2.31. The van der Waals surface area contributed by atoms with E-state index in [-0.39, 0.29) is 16.5 Å². The summed E-state index contributed by atoms with van der Waals surface area (Å²) in [5.74, 6) is 0.251. The molecule has 1 rings (SSSR count). The molecule has 1 aromatic carbocycles. The normalized spacial score (nSPS) is 12.9. The SMILES string of the molecule is CNCC(C)CNc1cccc(S(C)(=O)=O)c1[N+](=O)[O-]. The summed E-state index contributed by atoms with van der Waals surface area (Å²) in [7, 11) is -1.82. The van der Waals surface area contributed by atoms with E-state index in [0.29, 0.717) is 6.54 Å². The predicted octanol–water partition coefficient (Wildman–Crippen LogP) is 1.27. The van der Waals surface area contributed by atoms with E-state index in [1.807, 2.05) is 14.0 Å². The van der Waals surface area contributed by atoms with E-state index in [0.717, 1.165) is 12.8 Å². The first-order valence-corrected chi connectivity index (χ1v) is 8.02. The second-order valence-corrected chi connectivity index (χ2v) is 6.71. The van der Waals surface area contributed by atoms with Crippen molar-refractivity contribution in [3.63, 3.8) is 0 Å². The highest BCUT2D eigenvalue weighted by atomic mass is 32.2. The lowest BCUT2D eigenvalue weighted by Crippen LogP contribution is -2.23. The van der Waals surface area contributed by atoms with Gasteiger partial charge in [0.05, 0.1) is 4.92 Å². The van der Waals surface area contributed by atoms with Crippen LogP contribution in [0.4, 0.5) is 11.4 Å². The summed E-state index contributed by atoms with van der Waals surface area (Å²) in [4.78, 5) is 10.2. The molecule has 0 aromatic heterocycles. The second-order valence-electron chi connectivity index (χ2n) is 4.73. The lowest BCUT2D eigenvalue weighted by atomic mass is 10.1. The van der Waals surface area contributed by atoms with Crippen molar-refractivity contribution in [1.29, 1.82) is 0 Å². The van der Waals surface area contributed by atoms with Gasteiger partial charge in [-0.3, -0.25) is 10.1 Å². The minimum atomic E-state index is -3.64. The molecule has 1 atom stereocenters. The zero-order valence-electron chi connectivity index (χ0n) is 11.7. The molecule has 1 unspecified atom stereocenters. The molecule has 2 N–H and O–H groups in total. The molecule has 112 valence electrons. The molecule has 0 saturated heterocycles. The van der Waals surface area contributed by atoms with Crippen LogP contribution in [0.1, 0.15) is 6.92 Å². The van der Waals surface area contributed by atoms with Crippen LogP contribution in [0.15, 0.2) is 23.1 Å². The van der Waals surface area contributed by atoms with Crippen molar-refractivity contribution >= 4 is 21.2 Å². The van der Waals surface area contributed by atoms with Gasteiger partial charge in [-0.25, -0.2) is 8.42 Å². The molecule has 0 radical (unpaired) electrons. The maximum atomic E-state index is 11.6. The van der Waals surface area contributed by atoms with Crippen molar-refractivity contribution in [2.24, 2.45) is 5.92 Å². The monoisotopic (exact) mass is 301 g/mol. The third-order valence-electron chi connectivity index (χ3n) is 2.77. The number of rotatable bonds is 7. The summed E-state index contributed by atoms with van der Waals surface area (Å²) in [5.41, 5.74) is -0.174. The third kappa shape index (κ3) is 4.17. The van der Waals surface area contributed by atoms with Crippen molar-refractivity contribution in [2.75, 3.05) is 31.7 Å². The van der Waals surface area contributed by atoms with Crippen molar-refractivity contribution in [3.8, 4) is 0 Å². The fourth-order valence-electron chi connectivity index (χ4n) is 1.86. The van der Waals surface area contributed by atoms with Crippen LogP contribution >= 0.6 is 0 Å². The Hall–Kier alpha value is -1.67. The fourth-order valence-corrected chi connectivity index (χ4v) is 2.72. The molecule has 0 saturated carbocycles. The molecule has 0 heterocycles. The second kappa shape index (κ2) is 6.67. The van der Waals surface area contributed by atoms with Crippen molar-refractivity contribution in [3.05, 3.63) is 28.3 Å². The van der Waals surface area contributed by atoms with E-state index in [1.54, 1.807) is 0 Å². The van der Waals surface area contributed by atoms with E-state index in [2.05, 4.69) is 10.6 Å². The van der Waals surface area contributed by atoms with Crippen molar-refractivity contribution < 1.29 is 13.3 Å². The highest BCUT2D eigenvalue weighted by Gasteiger charge is 2.26. The maximum absolute atomic E-state index is 11.6. The summed E-state index contributed by atoms with van der Waals surface area (Å²) in [6.45, 7) is 3.25. The third-order valence-corrected chi connectivity index (χ3v) is 3.90. The highest BCUT2D eigenvalue weighted by molar-refractivity contribution is 7.90. The Morgan fingerprint density at radius 1 is 1.35 bits per heavy atom. The zero-order valence-corrected chi connectivity index (χ0v) is 12.5. The van der Waals surface area contributed by atoms with E-state index in [1.165, 1.54) is 18.2 Å². The number of anilines is 1. The van der Waals surface area contributed by atoms with Crippen LogP contribution in [0.2, 0.25) is 0 Å². The van der Waals surface area contributed by atoms with Crippen LogP contribution in [0.3, 0.4) is 0 Å². The van der Waals surface area contributed by atoms with Gasteiger partial charge in [0, 0.05) is 12.8 Å². The molecule has 0 aliphatic heterocycles. The topological polar surface area (TPSA) is 101 Å². The molecule has 0 spiro atoms. The summed E-state index contributed by atoms with van der Waals surface area (Å²) >= 11 is 0. The van der Waals surface area contributed by atoms with Gasteiger partial charge in [0.25, 0.3) is 0 Å². The predicted molar refractivity (Wildman–Crippen MR) is 77.8 cm³/mol. The maximum Gasteiger partial charge on any atom is 0.310 e. The van der Waals surface area contributed by atoms with Gasteiger partial charge in [0.1, 0.15) is 10.6 Å². The van der Waals surface area contributed by atoms with E-state index >= 15 is 0 Å². The van der Waals surface area contributed by atoms with Crippen LogP contribution in [0.25, 0.3) is 0 Å². The van der Waals surface area contributed by atoms with E-state index in [9.17, 15) is 18.5 Å². The Morgan fingerprint density at radius 2 is 2.00 bits per heavy atom. The van der Waals surface area contributed by atoms with Crippen LogP contribution in [0, 0.1) is 16.0 Å². The lowest BCUT2D eigenvalue weighted by Gasteiger charge is -2.14.